The lowest BCUT2D eigenvalue weighted by atomic mass is 10.1. The van der Waals surface area contributed by atoms with Crippen LogP contribution < -0.4 is 17.0 Å². The topological polar surface area (TPSA) is 260 Å². The van der Waals surface area contributed by atoms with Crippen molar-refractivity contribution in [3.8, 4) is 0 Å². The molecule has 0 bridgehead atoms. The van der Waals surface area contributed by atoms with Gasteiger partial charge in [0.15, 0.2) is 28.9 Å². The van der Waals surface area contributed by atoms with Crippen LogP contribution in [-0.4, -0.2) is 82.6 Å². The summed E-state index contributed by atoms with van der Waals surface area (Å²) >= 11 is 4.24. The molecule has 22 heteroatoms. The van der Waals surface area contributed by atoms with Crippen molar-refractivity contribution in [2.24, 2.45) is 5.92 Å². The summed E-state index contributed by atoms with van der Waals surface area (Å²) in [5, 5.41) is 0. The third-order valence-corrected chi connectivity index (χ3v) is 9.70. The number of imidazole rings is 2. The van der Waals surface area contributed by atoms with Crippen LogP contribution in [0.3, 0.4) is 0 Å². The number of ether oxygens (including phenoxy) is 2. The first-order chi connectivity index (χ1) is 21.0. The zero-order chi connectivity index (χ0) is 31.2. The van der Waals surface area contributed by atoms with Crippen LogP contribution in [0, 0.1) is 5.92 Å². The van der Waals surface area contributed by atoms with Gasteiger partial charge < -0.3 is 39.4 Å². The minimum atomic E-state index is -4.07. The highest BCUT2D eigenvalue weighted by atomic mass is 32.7. The van der Waals surface area contributed by atoms with Crippen LogP contribution in [-0.2, 0) is 32.2 Å². The van der Waals surface area contributed by atoms with Gasteiger partial charge in [0.05, 0.1) is 25.9 Å². The van der Waals surface area contributed by atoms with Gasteiger partial charge in [-0.1, -0.05) is 12.2 Å². The lowest BCUT2D eigenvalue weighted by Gasteiger charge is -2.26. The van der Waals surface area contributed by atoms with Gasteiger partial charge in [-0.2, -0.15) is 4.98 Å². The largest absolute Gasteiger partial charge is 0.386 e. The van der Waals surface area contributed by atoms with Gasteiger partial charge in [-0.15, -0.1) is 0 Å². The maximum absolute atomic E-state index is 13.6. The van der Waals surface area contributed by atoms with Crippen molar-refractivity contribution in [2.75, 3.05) is 31.8 Å². The molecule has 19 nitrogen and oxygen atoms in total. The number of thiol groups is 1. The van der Waals surface area contributed by atoms with E-state index in [9.17, 15) is 18.8 Å². The third kappa shape index (κ3) is 6.14. The Morgan fingerprint density at radius 2 is 1.91 bits per heavy atom. The average Bonchev–Trinajstić information content (AvgIpc) is 3.75. The Kier molecular flexibility index (Phi) is 8.80. The van der Waals surface area contributed by atoms with E-state index in [1.54, 1.807) is 6.33 Å². The summed E-state index contributed by atoms with van der Waals surface area (Å²) in [5.74, 6) is 0.159. The highest BCUT2D eigenvalue weighted by Crippen LogP contribution is 2.57. The number of nitrogens with two attached hydrogens (primary N) is 2. The molecule has 0 spiro atoms. The molecule has 1 saturated carbocycles. The molecule has 2 aliphatic rings. The van der Waals surface area contributed by atoms with Crippen LogP contribution in [0.25, 0.3) is 22.3 Å². The zero-order valence-electron chi connectivity index (χ0n) is 23.1. The smallest absolute Gasteiger partial charge is 0.382 e. The SMILES string of the molecule is CO[C@H]1[C@@H](OP(=O)(S)OC[C@@H]2CC[C@H](n3cnc4c(N)ncnc43)C2)[C@H](n2cnc3c(=O)[nH]c(N)nc32)O[C@@H]1CO[PH](=O)O. The van der Waals surface area contributed by atoms with Crippen molar-refractivity contribution in [1.82, 2.24) is 39.0 Å². The van der Waals surface area contributed by atoms with Gasteiger partial charge >= 0.3 is 15.1 Å². The van der Waals surface area contributed by atoms with Crippen molar-refractivity contribution >= 4 is 61.4 Å². The number of hydrogen-bond acceptors (Lipinski definition) is 15. The van der Waals surface area contributed by atoms with Gasteiger partial charge in [0.25, 0.3) is 5.56 Å². The van der Waals surface area contributed by atoms with Crippen molar-refractivity contribution < 1.29 is 37.1 Å². The maximum atomic E-state index is 13.6. The molecular formula is C22H30N10O9P2S. The van der Waals surface area contributed by atoms with Crippen molar-refractivity contribution in [1.29, 1.82) is 0 Å². The van der Waals surface area contributed by atoms with E-state index in [1.165, 1.54) is 24.3 Å². The summed E-state index contributed by atoms with van der Waals surface area (Å²) in [7, 11) is -1.95. The van der Waals surface area contributed by atoms with Crippen molar-refractivity contribution in [2.45, 2.75) is 49.8 Å². The molecule has 44 heavy (non-hydrogen) atoms. The van der Waals surface area contributed by atoms with Gasteiger partial charge in [0, 0.05) is 13.2 Å². The van der Waals surface area contributed by atoms with E-state index in [2.05, 4.69) is 42.2 Å². The molecule has 1 aliphatic heterocycles. The fourth-order valence-corrected chi connectivity index (χ4v) is 7.55. The van der Waals surface area contributed by atoms with Gasteiger partial charge in [0.2, 0.25) is 5.95 Å². The number of aromatic amines is 1. The number of nitrogens with one attached hydrogen (secondary N) is 1. The second kappa shape index (κ2) is 12.5. The first-order valence-electron chi connectivity index (χ1n) is 13.4. The fraction of sp³-hybridized carbons (Fsp3) is 0.545. The lowest BCUT2D eigenvalue weighted by Crippen LogP contribution is -2.36. The number of rotatable bonds is 11. The van der Waals surface area contributed by atoms with E-state index < -0.39 is 45.2 Å². The first-order valence-corrected chi connectivity index (χ1v) is 17.4. The molecule has 1 aliphatic carbocycles. The van der Waals surface area contributed by atoms with Crippen LogP contribution >= 0.6 is 27.3 Å². The minimum Gasteiger partial charge on any atom is -0.382 e. The van der Waals surface area contributed by atoms with Crippen LogP contribution in [0.5, 0.6) is 0 Å². The van der Waals surface area contributed by atoms with Gasteiger partial charge in [-0.3, -0.25) is 23.4 Å². The van der Waals surface area contributed by atoms with E-state index >= 15 is 0 Å². The van der Waals surface area contributed by atoms with Crippen LogP contribution in [0.15, 0.2) is 23.8 Å². The number of aromatic nitrogens is 8. The van der Waals surface area contributed by atoms with E-state index in [0.29, 0.717) is 23.4 Å². The predicted molar refractivity (Wildman–Crippen MR) is 158 cm³/mol. The van der Waals surface area contributed by atoms with Crippen molar-refractivity contribution in [3.63, 3.8) is 0 Å². The molecular weight excluding hydrogens is 642 g/mol. The molecule has 4 aromatic heterocycles. The normalized spacial score (nSPS) is 27.7. The summed E-state index contributed by atoms with van der Waals surface area (Å²) in [6.07, 6.45) is 2.40. The quantitative estimate of drug-likeness (QED) is 0.111. The Balaban J connectivity index is 1.19. The number of hydrogen-bond donors (Lipinski definition) is 5. The standard InChI is InChI=1S/C22H30N10O9P2S/c1-37-15-12(6-38-42(34)35)40-21(32-9-28-14-19(32)29-22(24)30-20(14)33)16(15)41-43(36,44)39-5-10-2-3-11(4-10)31-8-27-13-17(23)25-7-26-18(13)31/h7-12,15-16,21,42H,2-6H2,1H3,(H,34,35)(H,36,44)(H2,23,25,26)(H3,24,29,30,33)/t10-,11+,12-,15-,16-,21-,43?/m1/s1. The number of nitrogen functional groups attached to an aromatic ring is 2. The van der Waals surface area contributed by atoms with Gasteiger partial charge in [0.1, 0.15) is 30.2 Å². The monoisotopic (exact) mass is 672 g/mol. The molecule has 238 valence electrons. The Hall–Kier alpha value is -2.93. The number of anilines is 2. The zero-order valence-corrected chi connectivity index (χ0v) is 25.9. The van der Waals surface area contributed by atoms with Crippen LogP contribution in [0.2, 0.25) is 0 Å². The Bertz CT molecular complexity index is 1800. The molecule has 8 atom stereocenters. The molecule has 5 heterocycles. The number of fused-ring (bicyclic) bond motifs is 2. The van der Waals surface area contributed by atoms with Gasteiger partial charge in [-0.05, 0) is 25.2 Å². The second-order valence-electron chi connectivity index (χ2n) is 10.4. The Morgan fingerprint density at radius 3 is 2.68 bits per heavy atom. The predicted octanol–water partition coefficient (Wildman–Crippen LogP) is 1.22. The summed E-state index contributed by atoms with van der Waals surface area (Å²) in [6.45, 7) is -4.34. The summed E-state index contributed by atoms with van der Waals surface area (Å²) in [6, 6.07) is 0.0749. The molecule has 2 fully saturated rings. The van der Waals surface area contributed by atoms with E-state index in [4.69, 9.17) is 34.5 Å². The average molecular weight is 673 g/mol. The van der Waals surface area contributed by atoms with E-state index in [1.807, 2.05) is 4.57 Å². The number of H-pyrrole nitrogens is 1. The van der Waals surface area contributed by atoms with Crippen LogP contribution in [0.1, 0.15) is 31.5 Å². The summed E-state index contributed by atoms with van der Waals surface area (Å²) < 4.78 is 56.4. The van der Waals surface area contributed by atoms with Crippen molar-refractivity contribution in [3.05, 3.63) is 29.3 Å². The molecule has 6 N–H and O–H groups in total. The summed E-state index contributed by atoms with van der Waals surface area (Å²) in [4.78, 5) is 44.8. The molecule has 2 unspecified atom stereocenters. The third-order valence-electron chi connectivity index (χ3n) is 7.68. The molecule has 1 saturated heterocycles. The Labute approximate surface area is 254 Å². The summed E-state index contributed by atoms with van der Waals surface area (Å²) in [5.41, 5.74) is 12.3. The van der Waals surface area contributed by atoms with E-state index in [0.717, 1.165) is 12.8 Å². The maximum Gasteiger partial charge on any atom is 0.386 e. The number of nitrogens with zero attached hydrogens (tertiary/aromatic N) is 7. The van der Waals surface area contributed by atoms with Crippen LogP contribution in [0.4, 0.5) is 11.8 Å². The highest BCUT2D eigenvalue weighted by Gasteiger charge is 2.50. The molecule has 0 aromatic carbocycles. The van der Waals surface area contributed by atoms with E-state index in [-0.39, 0.29) is 42.3 Å². The highest BCUT2D eigenvalue weighted by molar-refractivity contribution is 8.44. The fourth-order valence-electron chi connectivity index (χ4n) is 5.72. The molecule has 6 rings (SSSR count). The Morgan fingerprint density at radius 1 is 1.14 bits per heavy atom. The second-order valence-corrected chi connectivity index (χ2v) is 14.1. The number of methoxy groups -OCH3 is 1. The molecule has 0 radical (unpaired) electrons. The minimum absolute atomic E-state index is 0.0226. The molecule has 0 amide bonds. The lowest BCUT2D eigenvalue weighted by molar-refractivity contribution is -0.0486. The van der Waals surface area contributed by atoms with Gasteiger partial charge in [-0.25, -0.2) is 24.5 Å². The molecule has 4 aromatic rings. The first kappa shape index (κ1) is 31.1.